The van der Waals surface area contributed by atoms with E-state index in [1.165, 1.54) is 0 Å². The molecule has 0 aliphatic heterocycles. The lowest BCUT2D eigenvalue weighted by Gasteiger charge is -2.28. The zero-order valence-electron chi connectivity index (χ0n) is 13.6. The fourth-order valence-corrected chi connectivity index (χ4v) is 2.04. The van der Waals surface area contributed by atoms with E-state index in [0.717, 1.165) is 37.6 Å². The molecule has 1 atom stereocenters. The van der Waals surface area contributed by atoms with Gasteiger partial charge < -0.3 is 19.7 Å². The summed E-state index contributed by atoms with van der Waals surface area (Å²) in [6, 6.07) is 0.203. The van der Waals surface area contributed by atoms with Crippen molar-refractivity contribution in [2.45, 2.75) is 32.9 Å². The first kappa shape index (κ1) is 17.8. The standard InChI is InChI=1S/C15H28N4O2/c1-5-6-16-9-14-10-17-15(18-11-14)19(7-8-20-3)13(2)12-21-4/h10-11,13,16H,5-9,12H2,1-4H3. The van der Waals surface area contributed by atoms with Gasteiger partial charge >= 0.3 is 0 Å². The van der Waals surface area contributed by atoms with Gasteiger partial charge in [-0.15, -0.1) is 0 Å². The first-order valence-corrected chi connectivity index (χ1v) is 7.49. The number of nitrogens with zero attached hydrogens (tertiary/aromatic N) is 3. The van der Waals surface area contributed by atoms with E-state index in [2.05, 4.69) is 34.0 Å². The van der Waals surface area contributed by atoms with Gasteiger partial charge in [0.25, 0.3) is 0 Å². The van der Waals surface area contributed by atoms with Gasteiger partial charge in [0.2, 0.25) is 5.95 Å². The molecule has 1 N–H and O–H groups in total. The van der Waals surface area contributed by atoms with Crippen molar-refractivity contribution in [1.29, 1.82) is 0 Å². The molecule has 6 nitrogen and oxygen atoms in total. The fourth-order valence-electron chi connectivity index (χ4n) is 2.04. The minimum atomic E-state index is 0.203. The quantitative estimate of drug-likeness (QED) is 0.624. The number of rotatable bonds is 11. The molecule has 0 saturated heterocycles. The van der Waals surface area contributed by atoms with Crippen molar-refractivity contribution in [3.63, 3.8) is 0 Å². The average Bonchev–Trinajstić information content (AvgIpc) is 2.49. The van der Waals surface area contributed by atoms with Crippen LogP contribution in [0, 0.1) is 0 Å². The largest absolute Gasteiger partial charge is 0.383 e. The van der Waals surface area contributed by atoms with Crippen LogP contribution in [0.25, 0.3) is 0 Å². The van der Waals surface area contributed by atoms with Gasteiger partial charge in [-0.3, -0.25) is 0 Å². The number of hydrogen-bond acceptors (Lipinski definition) is 6. The minimum absolute atomic E-state index is 0.203. The molecule has 1 aromatic heterocycles. The summed E-state index contributed by atoms with van der Waals surface area (Å²) in [7, 11) is 3.40. The molecule has 0 saturated carbocycles. The lowest BCUT2D eigenvalue weighted by Crippen LogP contribution is -2.39. The van der Waals surface area contributed by atoms with E-state index in [0.29, 0.717) is 13.2 Å². The van der Waals surface area contributed by atoms with Crippen molar-refractivity contribution in [3.05, 3.63) is 18.0 Å². The van der Waals surface area contributed by atoms with Crippen molar-refractivity contribution in [1.82, 2.24) is 15.3 Å². The molecule has 0 aromatic carbocycles. The summed E-state index contributed by atoms with van der Waals surface area (Å²) in [5.74, 6) is 0.718. The molecule has 1 aromatic rings. The summed E-state index contributed by atoms with van der Waals surface area (Å²) in [5, 5.41) is 3.34. The molecular formula is C15H28N4O2. The van der Waals surface area contributed by atoms with E-state index >= 15 is 0 Å². The average molecular weight is 296 g/mol. The van der Waals surface area contributed by atoms with Crippen LogP contribution in [0.15, 0.2) is 12.4 Å². The Bertz CT molecular complexity index is 372. The van der Waals surface area contributed by atoms with Crippen molar-refractivity contribution >= 4 is 5.95 Å². The van der Waals surface area contributed by atoms with Crippen LogP contribution in [0.2, 0.25) is 0 Å². The first-order chi connectivity index (χ1) is 10.2. The summed E-state index contributed by atoms with van der Waals surface area (Å²) in [5.41, 5.74) is 1.10. The van der Waals surface area contributed by atoms with E-state index in [4.69, 9.17) is 9.47 Å². The van der Waals surface area contributed by atoms with E-state index in [1.54, 1.807) is 14.2 Å². The maximum Gasteiger partial charge on any atom is 0.225 e. The fraction of sp³-hybridized carbons (Fsp3) is 0.733. The summed E-state index contributed by atoms with van der Waals surface area (Å²) < 4.78 is 10.4. The lowest BCUT2D eigenvalue weighted by molar-refractivity contribution is 0.170. The molecule has 21 heavy (non-hydrogen) atoms. The molecule has 120 valence electrons. The Hall–Kier alpha value is -1.24. The molecule has 6 heteroatoms. The molecule has 0 fully saturated rings. The highest BCUT2D eigenvalue weighted by molar-refractivity contribution is 5.31. The van der Waals surface area contributed by atoms with Crippen LogP contribution in [0.5, 0.6) is 0 Å². The zero-order chi connectivity index (χ0) is 15.5. The maximum absolute atomic E-state index is 5.23. The van der Waals surface area contributed by atoms with Gasteiger partial charge in [-0.05, 0) is 19.9 Å². The van der Waals surface area contributed by atoms with Gasteiger partial charge in [0.1, 0.15) is 0 Å². The Morgan fingerprint density at radius 3 is 2.52 bits per heavy atom. The van der Waals surface area contributed by atoms with Gasteiger partial charge in [-0.1, -0.05) is 6.92 Å². The zero-order valence-corrected chi connectivity index (χ0v) is 13.6. The number of hydrogen-bond donors (Lipinski definition) is 1. The Balaban J connectivity index is 2.68. The third-order valence-corrected chi connectivity index (χ3v) is 3.18. The molecule has 1 heterocycles. The van der Waals surface area contributed by atoms with Crippen molar-refractivity contribution in [3.8, 4) is 0 Å². The molecular weight excluding hydrogens is 268 g/mol. The SMILES string of the molecule is CCCNCc1cnc(N(CCOC)C(C)COC)nc1. The molecule has 1 unspecified atom stereocenters. The summed E-state index contributed by atoms with van der Waals surface area (Å²) in [6.07, 6.45) is 4.88. The van der Waals surface area contributed by atoms with Crippen LogP contribution in [-0.4, -0.2) is 56.5 Å². The predicted octanol–water partition coefficient (Wildman–Crippen LogP) is 1.46. The van der Waals surface area contributed by atoms with Crippen LogP contribution in [0.1, 0.15) is 25.8 Å². The lowest BCUT2D eigenvalue weighted by atomic mass is 10.3. The third-order valence-electron chi connectivity index (χ3n) is 3.18. The molecule has 0 aliphatic rings. The monoisotopic (exact) mass is 296 g/mol. The summed E-state index contributed by atoms with van der Waals surface area (Å²) >= 11 is 0. The van der Waals surface area contributed by atoms with Gasteiger partial charge in [0.05, 0.1) is 19.3 Å². The topological polar surface area (TPSA) is 59.5 Å². The smallest absolute Gasteiger partial charge is 0.225 e. The highest BCUT2D eigenvalue weighted by Crippen LogP contribution is 2.11. The van der Waals surface area contributed by atoms with Crippen LogP contribution in [0.4, 0.5) is 5.95 Å². The molecule has 0 spiro atoms. The molecule has 0 radical (unpaired) electrons. The van der Waals surface area contributed by atoms with E-state index in [-0.39, 0.29) is 6.04 Å². The summed E-state index contributed by atoms with van der Waals surface area (Å²) in [6.45, 7) is 8.07. The summed E-state index contributed by atoms with van der Waals surface area (Å²) in [4.78, 5) is 11.1. The Morgan fingerprint density at radius 1 is 1.24 bits per heavy atom. The maximum atomic E-state index is 5.23. The predicted molar refractivity (Wildman–Crippen MR) is 84.6 cm³/mol. The second-order valence-corrected chi connectivity index (χ2v) is 5.06. The van der Waals surface area contributed by atoms with E-state index in [9.17, 15) is 0 Å². The van der Waals surface area contributed by atoms with E-state index in [1.807, 2.05) is 12.4 Å². The first-order valence-electron chi connectivity index (χ1n) is 7.49. The van der Waals surface area contributed by atoms with Crippen LogP contribution >= 0.6 is 0 Å². The van der Waals surface area contributed by atoms with Crippen molar-refractivity contribution < 1.29 is 9.47 Å². The number of nitrogens with one attached hydrogen (secondary N) is 1. The second kappa shape index (κ2) is 10.5. The van der Waals surface area contributed by atoms with Gasteiger partial charge in [-0.25, -0.2) is 9.97 Å². The van der Waals surface area contributed by atoms with Crippen LogP contribution in [0.3, 0.4) is 0 Å². The highest BCUT2D eigenvalue weighted by atomic mass is 16.5. The normalized spacial score (nSPS) is 12.4. The van der Waals surface area contributed by atoms with E-state index < -0.39 is 0 Å². The second-order valence-electron chi connectivity index (χ2n) is 5.06. The van der Waals surface area contributed by atoms with Crippen LogP contribution in [-0.2, 0) is 16.0 Å². The number of ether oxygens (including phenoxy) is 2. The van der Waals surface area contributed by atoms with Gasteiger partial charge in [0, 0.05) is 45.3 Å². The Labute approximate surface area is 127 Å². The number of aromatic nitrogens is 2. The van der Waals surface area contributed by atoms with Crippen LogP contribution < -0.4 is 10.2 Å². The number of methoxy groups -OCH3 is 2. The van der Waals surface area contributed by atoms with Crippen molar-refractivity contribution in [2.24, 2.45) is 0 Å². The third kappa shape index (κ3) is 6.37. The highest BCUT2D eigenvalue weighted by Gasteiger charge is 2.16. The van der Waals surface area contributed by atoms with Gasteiger partial charge in [0.15, 0.2) is 0 Å². The molecule has 0 amide bonds. The molecule has 0 bridgehead atoms. The number of anilines is 1. The van der Waals surface area contributed by atoms with Gasteiger partial charge in [-0.2, -0.15) is 0 Å². The Kier molecular flexibility index (Phi) is 8.89. The minimum Gasteiger partial charge on any atom is -0.383 e. The van der Waals surface area contributed by atoms with Crippen molar-refractivity contribution in [2.75, 3.05) is 45.4 Å². The molecule has 1 rings (SSSR count). The molecule has 0 aliphatic carbocycles. The Morgan fingerprint density at radius 2 is 1.95 bits per heavy atom.